The molecule has 1 aromatic carbocycles. The first-order valence-corrected chi connectivity index (χ1v) is 11.8. The topological polar surface area (TPSA) is 136 Å². The molecule has 3 rings (SSSR count). The van der Waals surface area contributed by atoms with Crippen LogP contribution in [0.1, 0.15) is 12.8 Å². The van der Waals surface area contributed by atoms with E-state index in [0.717, 1.165) is 17.4 Å². The van der Waals surface area contributed by atoms with Crippen molar-refractivity contribution in [3.05, 3.63) is 50.8 Å². The fourth-order valence-electron chi connectivity index (χ4n) is 3.07. The summed E-state index contributed by atoms with van der Waals surface area (Å²) in [6, 6.07) is 6.95. The molecule has 2 heterocycles. The molecule has 0 radical (unpaired) electrons. The minimum Gasteiger partial charge on any atom is -0.455 e. The van der Waals surface area contributed by atoms with Crippen LogP contribution < -0.4 is 5.32 Å². The Morgan fingerprint density at radius 1 is 1.29 bits per heavy atom. The number of esters is 1. The molecule has 1 amide bonds. The lowest BCUT2D eigenvalue weighted by atomic mass is 9.98. The van der Waals surface area contributed by atoms with Gasteiger partial charge in [-0.2, -0.15) is 4.31 Å². The van der Waals surface area contributed by atoms with Crippen molar-refractivity contribution in [3.63, 3.8) is 0 Å². The second-order valence-electron chi connectivity index (χ2n) is 6.68. The first-order chi connectivity index (χ1) is 14.7. The Balaban J connectivity index is 1.50. The van der Waals surface area contributed by atoms with Crippen molar-refractivity contribution in [2.75, 3.05) is 25.0 Å². The maximum absolute atomic E-state index is 12.5. The van der Waals surface area contributed by atoms with Crippen LogP contribution in [0, 0.1) is 16.0 Å². The highest BCUT2D eigenvalue weighted by atomic mass is 35.5. The summed E-state index contributed by atoms with van der Waals surface area (Å²) in [7, 11) is -3.57. The number of nitrogens with one attached hydrogen (secondary N) is 1. The van der Waals surface area contributed by atoms with Gasteiger partial charge in [0.1, 0.15) is 9.90 Å². The number of piperidine rings is 1. The van der Waals surface area contributed by atoms with E-state index in [2.05, 4.69) is 5.32 Å². The summed E-state index contributed by atoms with van der Waals surface area (Å²) < 4.78 is 31.6. The molecule has 1 aliphatic rings. The Bertz CT molecular complexity index is 1080. The Kier molecular flexibility index (Phi) is 7.26. The Morgan fingerprint density at radius 2 is 2.00 bits per heavy atom. The van der Waals surface area contributed by atoms with Crippen LogP contribution in [0.5, 0.6) is 0 Å². The van der Waals surface area contributed by atoms with E-state index in [-0.39, 0.29) is 46.5 Å². The minimum absolute atomic E-state index is 0.0671. The number of halogens is 1. The van der Waals surface area contributed by atoms with Crippen LogP contribution in [0.25, 0.3) is 0 Å². The third-order valence-corrected chi connectivity index (χ3v) is 8.16. The van der Waals surface area contributed by atoms with Gasteiger partial charge >= 0.3 is 5.97 Å². The fraction of sp³-hybridized carbons (Fsp3) is 0.333. The Morgan fingerprint density at radius 3 is 2.61 bits per heavy atom. The minimum atomic E-state index is -3.57. The highest BCUT2D eigenvalue weighted by molar-refractivity contribution is 7.91. The van der Waals surface area contributed by atoms with Crippen molar-refractivity contribution in [2.45, 2.75) is 17.1 Å². The lowest BCUT2D eigenvalue weighted by Crippen LogP contribution is -2.40. The zero-order valence-corrected chi connectivity index (χ0v) is 18.4. The number of nitro benzene ring substituents is 1. The second kappa shape index (κ2) is 9.73. The average molecular weight is 488 g/mol. The molecule has 1 N–H and O–H groups in total. The molecule has 0 bridgehead atoms. The molecule has 1 aliphatic heterocycles. The van der Waals surface area contributed by atoms with E-state index in [0.29, 0.717) is 0 Å². The number of anilines is 1. The van der Waals surface area contributed by atoms with Gasteiger partial charge in [-0.05, 0) is 36.4 Å². The summed E-state index contributed by atoms with van der Waals surface area (Å²) in [5, 5.41) is 15.2. The van der Waals surface area contributed by atoms with Crippen molar-refractivity contribution in [1.82, 2.24) is 4.31 Å². The monoisotopic (exact) mass is 487 g/mol. The molecular formula is C18H18ClN3O7S2. The van der Waals surface area contributed by atoms with Crippen LogP contribution in [0.2, 0.25) is 5.02 Å². The fourth-order valence-corrected chi connectivity index (χ4v) is 5.85. The molecule has 0 atom stereocenters. The van der Waals surface area contributed by atoms with E-state index in [9.17, 15) is 28.1 Å². The van der Waals surface area contributed by atoms with Crippen molar-refractivity contribution in [3.8, 4) is 0 Å². The molecule has 1 aromatic heterocycles. The summed E-state index contributed by atoms with van der Waals surface area (Å²) in [6.45, 7) is -0.279. The Labute approximate surface area is 187 Å². The van der Waals surface area contributed by atoms with Crippen molar-refractivity contribution in [1.29, 1.82) is 0 Å². The number of carbonyl (C=O) groups excluding carboxylic acids is 2. The quantitative estimate of drug-likeness (QED) is 0.360. The van der Waals surface area contributed by atoms with Gasteiger partial charge in [-0.25, -0.2) is 8.42 Å². The normalized spacial score (nSPS) is 15.4. The molecule has 1 fully saturated rings. The van der Waals surface area contributed by atoms with Crippen LogP contribution in [-0.4, -0.2) is 49.2 Å². The first kappa shape index (κ1) is 23.1. The number of hydrogen-bond donors (Lipinski definition) is 1. The molecule has 0 saturated carbocycles. The molecule has 0 spiro atoms. The van der Waals surface area contributed by atoms with Gasteiger partial charge in [0.05, 0.1) is 10.8 Å². The number of nitro groups is 1. The van der Waals surface area contributed by atoms with Crippen LogP contribution in [0.3, 0.4) is 0 Å². The summed E-state index contributed by atoms with van der Waals surface area (Å²) >= 11 is 6.86. The SMILES string of the molecule is O=C(COC(=O)C1CCN(S(=O)(=O)c2cccs2)CC1)Nc1ccc(Cl)cc1[N+](=O)[O-]. The van der Waals surface area contributed by atoms with Crippen LogP contribution in [0.15, 0.2) is 39.9 Å². The number of thiophene rings is 1. The summed E-state index contributed by atoms with van der Waals surface area (Å²) in [5.74, 6) is -1.89. The van der Waals surface area contributed by atoms with E-state index in [1.807, 2.05) is 0 Å². The van der Waals surface area contributed by atoms with Crippen LogP contribution >= 0.6 is 22.9 Å². The summed E-state index contributed by atoms with van der Waals surface area (Å²) in [5.41, 5.74) is -0.450. The number of sulfonamides is 1. The van der Waals surface area contributed by atoms with Crippen LogP contribution in [-0.2, 0) is 24.3 Å². The largest absolute Gasteiger partial charge is 0.455 e. The van der Waals surface area contributed by atoms with Gasteiger partial charge in [-0.15, -0.1) is 11.3 Å². The van der Waals surface area contributed by atoms with Crippen LogP contribution in [0.4, 0.5) is 11.4 Å². The molecule has 31 heavy (non-hydrogen) atoms. The van der Waals surface area contributed by atoms with Gasteiger partial charge in [-0.3, -0.25) is 19.7 Å². The molecule has 10 nitrogen and oxygen atoms in total. The van der Waals surface area contributed by atoms with Gasteiger partial charge in [0.15, 0.2) is 6.61 Å². The Hall–Kier alpha value is -2.54. The zero-order valence-electron chi connectivity index (χ0n) is 16.0. The third kappa shape index (κ3) is 5.58. The third-order valence-electron chi connectivity index (χ3n) is 4.65. The molecule has 0 aliphatic carbocycles. The smallest absolute Gasteiger partial charge is 0.309 e. The number of benzene rings is 1. The summed E-state index contributed by atoms with van der Waals surface area (Å²) in [4.78, 5) is 34.7. The number of nitrogens with zero attached hydrogens (tertiary/aromatic N) is 2. The molecule has 0 unspecified atom stereocenters. The predicted octanol–water partition coefficient (Wildman–Crippen LogP) is 2.89. The number of hydrogen-bond acceptors (Lipinski definition) is 8. The summed E-state index contributed by atoms with van der Waals surface area (Å²) in [6.07, 6.45) is 0.543. The number of rotatable bonds is 7. The van der Waals surface area contributed by atoms with Gasteiger partial charge in [0, 0.05) is 24.2 Å². The average Bonchev–Trinajstić information content (AvgIpc) is 3.29. The van der Waals surface area contributed by atoms with Gasteiger partial charge in [-0.1, -0.05) is 17.7 Å². The lowest BCUT2D eigenvalue weighted by Gasteiger charge is -2.29. The molecular weight excluding hydrogens is 470 g/mol. The van der Waals surface area contributed by atoms with Gasteiger partial charge in [0.2, 0.25) is 0 Å². The molecule has 2 aromatic rings. The van der Waals surface area contributed by atoms with E-state index in [1.54, 1.807) is 11.4 Å². The number of ether oxygens (including phenoxy) is 1. The van der Waals surface area contributed by atoms with E-state index < -0.39 is 39.3 Å². The predicted molar refractivity (Wildman–Crippen MR) is 113 cm³/mol. The van der Waals surface area contributed by atoms with E-state index in [4.69, 9.17) is 16.3 Å². The maximum atomic E-state index is 12.5. The maximum Gasteiger partial charge on any atom is 0.309 e. The highest BCUT2D eigenvalue weighted by Gasteiger charge is 2.33. The number of amides is 1. The van der Waals surface area contributed by atoms with Crippen molar-refractivity contribution >= 4 is 56.2 Å². The molecule has 13 heteroatoms. The van der Waals surface area contributed by atoms with Crippen molar-refractivity contribution in [2.24, 2.45) is 5.92 Å². The first-order valence-electron chi connectivity index (χ1n) is 9.12. The lowest BCUT2D eigenvalue weighted by molar-refractivity contribution is -0.383. The molecule has 166 valence electrons. The second-order valence-corrected chi connectivity index (χ2v) is 10.2. The van der Waals surface area contributed by atoms with E-state index >= 15 is 0 Å². The molecule has 1 saturated heterocycles. The van der Waals surface area contributed by atoms with Gasteiger partial charge < -0.3 is 10.1 Å². The van der Waals surface area contributed by atoms with Crippen molar-refractivity contribution < 1.29 is 27.7 Å². The highest BCUT2D eigenvalue weighted by Crippen LogP contribution is 2.28. The zero-order chi connectivity index (χ0) is 22.6. The standard InChI is InChI=1S/C18H18ClN3O7S2/c19-13-3-4-14(15(10-13)22(25)26)20-16(23)11-29-18(24)12-5-7-21(8-6-12)31(27,28)17-2-1-9-30-17/h1-4,9-10,12H,5-8,11H2,(H,20,23). The van der Waals surface area contributed by atoms with Gasteiger partial charge in [0.25, 0.3) is 21.6 Å². The number of carbonyl (C=O) groups is 2. The van der Waals surface area contributed by atoms with E-state index in [1.165, 1.54) is 22.5 Å².